The topological polar surface area (TPSA) is 61.0 Å². The van der Waals surface area contributed by atoms with E-state index in [1.165, 1.54) is 6.33 Å². The van der Waals surface area contributed by atoms with E-state index in [9.17, 15) is 0 Å². The molecule has 0 aliphatic rings. The number of ether oxygens (including phenoxy) is 1. The molecule has 0 unspecified atom stereocenters. The van der Waals surface area contributed by atoms with Gasteiger partial charge in [0.15, 0.2) is 0 Å². The lowest BCUT2D eigenvalue weighted by Crippen LogP contribution is -2.03. The van der Waals surface area contributed by atoms with Crippen molar-refractivity contribution < 1.29 is 4.74 Å². The minimum absolute atomic E-state index is 0.472. The molecule has 1 aromatic heterocycles. The minimum atomic E-state index is 0.472. The number of anilines is 1. The van der Waals surface area contributed by atoms with Crippen LogP contribution in [0.5, 0.6) is 11.6 Å². The van der Waals surface area contributed by atoms with E-state index < -0.39 is 0 Å². The molecule has 20 heavy (non-hydrogen) atoms. The van der Waals surface area contributed by atoms with E-state index in [1.807, 2.05) is 26.0 Å². The maximum absolute atomic E-state index is 6.16. The molecule has 0 fully saturated rings. The molecule has 0 saturated heterocycles. The van der Waals surface area contributed by atoms with E-state index in [4.69, 9.17) is 22.1 Å². The summed E-state index contributed by atoms with van der Waals surface area (Å²) in [6.45, 7) is 5.97. The molecule has 0 bridgehead atoms. The number of aryl methyl sites for hydroxylation is 2. The maximum atomic E-state index is 6.16. The van der Waals surface area contributed by atoms with Crippen LogP contribution in [0.25, 0.3) is 0 Å². The quantitative estimate of drug-likeness (QED) is 0.922. The van der Waals surface area contributed by atoms with Gasteiger partial charge >= 0.3 is 0 Å². The third kappa shape index (κ3) is 3.02. The molecule has 5 heteroatoms. The van der Waals surface area contributed by atoms with Gasteiger partial charge in [-0.15, -0.1) is 0 Å². The predicted molar refractivity (Wildman–Crippen MR) is 81.4 cm³/mol. The fraction of sp³-hybridized carbons (Fsp3) is 0.333. The third-order valence-electron chi connectivity index (χ3n) is 3.06. The maximum Gasteiger partial charge on any atom is 0.227 e. The second-order valence-corrected chi connectivity index (χ2v) is 5.14. The first-order chi connectivity index (χ1) is 9.52. The number of benzene rings is 1. The summed E-state index contributed by atoms with van der Waals surface area (Å²) in [4.78, 5) is 8.20. The number of nitrogens with two attached hydrogens (primary N) is 1. The Labute approximate surface area is 124 Å². The van der Waals surface area contributed by atoms with Crippen LogP contribution in [0.3, 0.4) is 0 Å². The molecule has 0 aliphatic heterocycles. The summed E-state index contributed by atoms with van der Waals surface area (Å²) in [7, 11) is 0. The van der Waals surface area contributed by atoms with Crippen molar-refractivity contribution in [3.63, 3.8) is 0 Å². The molecular formula is C15H18ClN3O. The molecule has 106 valence electrons. The van der Waals surface area contributed by atoms with Crippen LogP contribution in [0.1, 0.15) is 30.0 Å². The molecule has 0 atom stereocenters. The number of hydrogen-bond acceptors (Lipinski definition) is 4. The highest BCUT2D eigenvalue weighted by Crippen LogP contribution is 2.31. The van der Waals surface area contributed by atoms with Crippen molar-refractivity contribution in [1.82, 2.24) is 9.97 Å². The van der Waals surface area contributed by atoms with Crippen molar-refractivity contribution in [1.29, 1.82) is 0 Å². The number of aromatic nitrogens is 2. The zero-order valence-corrected chi connectivity index (χ0v) is 12.7. The van der Waals surface area contributed by atoms with E-state index in [0.29, 0.717) is 17.4 Å². The van der Waals surface area contributed by atoms with Crippen LogP contribution >= 0.6 is 11.6 Å². The van der Waals surface area contributed by atoms with Crippen molar-refractivity contribution in [2.75, 3.05) is 5.73 Å². The monoisotopic (exact) mass is 291 g/mol. The van der Waals surface area contributed by atoms with E-state index in [0.717, 1.165) is 34.6 Å². The van der Waals surface area contributed by atoms with Crippen molar-refractivity contribution in [3.8, 4) is 11.6 Å². The zero-order valence-electron chi connectivity index (χ0n) is 11.9. The van der Waals surface area contributed by atoms with Gasteiger partial charge in [0, 0.05) is 5.02 Å². The molecule has 0 aliphatic carbocycles. The van der Waals surface area contributed by atoms with Gasteiger partial charge < -0.3 is 10.5 Å². The summed E-state index contributed by atoms with van der Waals surface area (Å²) in [6.07, 6.45) is 3.15. The Bertz CT molecular complexity index is 606. The van der Waals surface area contributed by atoms with Gasteiger partial charge in [0.1, 0.15) is 17.9 Å². The van der Waals surface area contributed by atoms with Gasteiger partial charge in [-0.2, -0.15) is 0 Å². The van der Waals surface area contributed by atoms with E-state index in [2.05, 4.69) is 16.9 Å². The first-order valence-electron chi connectivity index (χ1n) is 6.56. The molecule has 1 heterocycles. The van der Waals surface area contributed by atoms with E-state index >= 15 is 0 Å². The third-order valence-corrected chi connectivity index (χ3v) is 3.66. The van der Waals surface area contributed by atoms with Crippen LogP contribution in [0.2, 0.25) is 5.02 Å². The number of nitrogen functional groups attached to an aromatic ring is 1. The Morgan fingerprint density at radius 1 is 1.20 bits per heavy atom. The highest BCUT2D eigenvalue weighted by atomic mass is 35.5. The Morgan fingerprint density at radius 2 is 1.85 bits per heavy atom. The highest BCUT2D eigenvalue weighted by molar-refractivity contribution is 6.32. The van der Waals surface area contributed by atoms with Gasteiger partial charge in [0.05, 0.1) is 5.56 Å². The first kappa shape index (κ1) is 14.6. The SMILES string of the molecule is CCCc1c(N)ncnc1Oc1cc(C)c(Cl)c(C)c1. The van der Waals surface area contributed by atoms with Gasteiger partial charge in [-0.25, -0.2) is 9.97 Å². The summed E-state index contributed by atoms with van der Waals surface area (Å²) in [5.41, 5.74) is 8.69. The lowest BCUT2D eigenvalue weighted by Gasteiger charge is -2.12. The van der Waals surface area contributed by atoms with Crippen LogP contribution in [0.4, 0.5) is 5.82 Å². The lowest BCUT2D eigenvalue weighted by molar-refractivity contribution is 0.454. The molecule has 0 saturated carbocycles. The normalized spacial score (nSPS) is 10.6. The smallest absolute Gasteiger partial charge is 0.227 e. The van der Waals surface area contributed by atoms with Crippen molar-refractivity contribution in [2.24, 2.45) is 0 Å². The predicted octanol–water partition coefficient (Wildman–Crippen LogP) is 4.07. The minimum Gasteiger partial charge on any atom is -0.439 e. The molecule has 4 nitrogen and oxygen atoms in total. The van der Waals surface area contributed by atoms with Crippen LogP contribution in [-0.2, 0) is 6.42 Å². The first-order valence-corrected chi connectivity index (χ1v) is 6.94. The average Bonchev–Trinajstić information content (AvgIpc) is 2.40. The number of hydrogen-bond donors (Lipinski definition) is 1. The Morgan fingerprint density at radius 3 is 2.45 bits per heavy atom. The Kier molecular flexibility index (Phi) is 4.45. The second-order valence-electron chi connectivity index (χ2n) is 4.77. The lowest BCUT2D eigenvalue weighted by atomic mass is 10.1. The van der Waals surface area contributed by atoms with Crippen molar-refractivity contribution in [3.05, 3.63) is 40.2 Å². The molecule has 2 rings (SSSR count). The van der Waals surface area contributed by atoms with Crippen LogP contribution in [0, 0.1) is 13.8 Å². The Balaban J connectivity index is 2.37. The highest BCUT2D eigenvalue weighted by Gasteiger charge is 2.12. The fourth-order valence-corrected chi connectivity index (χ4v) is 2.17. The average molecular weight is 292 g/mol. The van der Waals surface area contributed by atoms with Crippen LogP contribution in [0.15, 0.2) is 18.5 Å². The molecular weight excluding hydrogens is 274 g/mol. The van der Waals surface area contributed by atoms with Gasteiger partial charge in [0.25, 0.3) is 0 Å². The number of rotatable bonds is 4. The van der Waals surface area contributed by atoms with Gasteiger partial charge in [0.2, 0.25) is 5.88 Å². The summed E-state index contributed by atoms with van der Waals surface area (Å²) in [6, 6.07) is 3.78. The van der Waals surface area contributed by atoms with Crippen molar-refractivity contribution in [2.45, 2.75) is 33.6 Å². The van der Waals surface area contributed by atoms with Crippen molar-refractivity contribution >= 4 is 17.4 Å². The molecule has 1 aromatic carbocycles. The standard InChI is InChI=1S/C15H18ClN3O/c1-4-5-12-14(17)18-8-19-15(12)20-11-6-9(2)13(16)10(3)7-11/h6-8H,4-5H2,1-3H3,(H2,17,18,19). The van der Waals surface area contributed by atoms with Crippen LogP contribution < -0.4 is 10.5 Å². The van der Waals surface area contributed by atoms with Gasteiger partial charge in [-0.3, -0.25) is 0 Å². The summed E-state index contributed by atoms with van der Waals surface area (Å²) >= 11 is 6.16. The summed E-state index contributed by atoms with van der Waals surface area (Å²) in [5, 5.41) is 0.758. The molecule has 0 amide bonds. The van der Waals surface area contributed by atoms with E-state index in [-0.39, 0.29) is 0 Å². The Hall–Kier alpha value is -1.81. The molecule has 2 N–H and O–H groups in total. The van der Waals surface area contributed by atoms with E-state index in [1.54, 1.807) is 0 Å². The molecule has 2 aromatic rings. The largest absolute Gasteiger partial charge is 0.439 e. The molecule has 0 radical (unpaired) electrons. The van der Waals surface area contributed by atoms with Gasteiger partial charge in [-0.05, 0) is 43.5 Å². The number of halogens is 1. The summed E-state index contributed by atoms with van der Waals surface area (Å²) in [5.74, 6) is 1.69. The second kappa shape index (κ2) is 6.09. The zero-order chi connectivity index (χ0) is 14.7. The molecule has 0 spiro atoms. The fourth-order valence-electron chi connectivity index (χ4n) is 2.06. The van der Waals surface area contributed by atoms with Gasteiger partial charge in [-0.1, -0.05) is 24.9 Å². The number of nitrogens with zero attached hydrogens (tertiary/aromatic N) is 2. The summed E-state index contributed by atoms with van der Waals surface area (Å²) < 4.78 is 5.87. The van der Waals surface area contributed by atoms with Crippen LogP contribution in [-0.4, -0.2) is 9.97 Å².